The zero-order valence-corrected chi connectivity index (χ0v) is 15.4. The quantitative estimate of drug-likeness (QED) is 0.893. The molecule has 1 aromatic carbocycles. The SMILES string of the molecule is CC(=O)N(C)C1CN(C2(c3ccc(Cl)cc3)CCN(C(=O)O)CC2)C1. The fraction of sp³-hybridized carbons (Fsp3) is 0.556. The lowest BCUT2D eigenvalue weighted by molar-refractivity contribution is -0.137. The van der Waals surface area contributed by atoms with E-state index in [2.05, 4.69) is 4.90 Å². The monoisotopic (exact) mass is 365 g/mol. The van der Waals surface area contributed by atoms with Gasteiger partial charge >= 0.3 is 6.09 Å². The molecule has 2 amide bonds. The van der Waals surface area contributed by atoms with Crippen molar-refractivity contribution in [2.24, 2.45) is 0 Å². The molecule has 2 aliphatic rings. The van der Waals surface area contributed by atoms with Gasteiger partial charge in [0.25, 0.3) is 0 Å². The molecule has 2 saturated heterocycles. The number of rotatable bonds is 3. The van der Waals surface area contributed by atoms with E-state index in [1.165, 1.54) is 10.5 Å². The molecule has 136 valence electrons. The topological polar surface area (TPSA) is 64.1 Å². The van der Waals surface area contributed by atoms with Crippen molar-refractivity contribution in [2.45, 2.75) is 31.3 Å². The highest BCUT2D eigenvalue weighted by atomic mass is 35.5. The maximum Gasteiger partial charge on any atom is 0.407 e. The van der Waals surface area contributed by atoms with Gasteiger partial charge in [0.05, 0.1) is 6.04 Å². The predicted octanol–water partition coefficient (Wildman–Crippen LogP) is 2.47. The van der Waals surface area contributed by atoms with Crippen molar-refractivity contribution >= 4 is 23.6 Å². The van der Waals surface area contributed by atoms with Crippen LogP contribution < -0.4 is 0 Å². The van der Waals surface area contributed by atoms with Crippen LogP contribution in [0.2, 0.25) is 5.02 Å². The molecule has 0 atom stereocenters. The molecular weight excluding hydrogens is 342 g/mol. The highest BCUT2D eigenvalue weighted by molar-refractivity contribution is 6.30. The number of likely N-dealkylation sites (tertiary alicyclic amines) is 2. The maximum absolute atomic E-state index is 11.6. The van der Waals surface area contributed by atoms with Crippen molar-refractivity contribution < 1.29 is 14.7 Å². The average Bonchev–Trinajstić information content (AvgIpc) is 2.54. The molecule has 2 heterocycles. The van der Waals surface area contributed by atoms with Gasteiger partial charge in [-0.25, -0.2) is 4.79 Å². The summed E-state index contributed by atoms with van der Waals surface area (Å²) in [5.41, 5.74) is 0.982. The lowest BCUT2D eigenvalue weighted by atomic mass is 9.77. The highest BCUT2D eigenvalue weighted by Gasteiger charge is 2.48. The normalized spacial score (nSPS) is 20.8. The molecule has 3 rings (SSSR count). The number of nitrogens with zero attached hydrogens (tertiary/aromatic N) is 3. The number of piperidine rings is 1. The zero-order valence-electron chi connectivity index (χ0n) is 14.6. The van der Waals surface area contributed by atoms with Gasteiger partial charge in [0.1, 0.15) is 0 Å². The van der Waals surface area contributed by atoms with Crippen molar-refractivity contribution in [2.75, 3.05) is 33.2 Å². The summed E-state index contributed by atoms with van der Waals surface area (Å²) in [6.45, 7) is 4.24. The zero-order chi connectivity index (χ0) is 18.2. The molecule has 0 spiro atoms. The largest absolute Gasteiger partial charge is 0.465 e. The van der Waals surface area contributed by atoms with E-state index >= 15 is 0 Å². The first kappa shape index (κ1) is 18.0. The number of hydrogen-bond donors (Lipinski definition) is 1. The Morgan fingerprint density at radius 3 is 2.24 bits per heavy atom. The molecule has 0 bridgehead atoms. The second kappa shape index (κ2) is 6.84. The number of amides is 2. The smallest absolute Gasteiger partial charge is 0.407 e. The molecule has 2 aliphatic heterocycles. The lowest BCUT2D eigenvalue weighted by Gasteiger charge is -2.56. The van der Waals surface area contributed by atoms with Gasteiger partial charge in [-0.1, -0.05) is 23.7 Å². The van der Waals surface area contributed by atoms with Crippen molar-refractivity contribution in [3.63, 3.8) is 0 Å². The second-order valence-electron chi connectivity index (χ2n) is 7.00. The van der Waals surface area contributed by atoms with Crippen molar-refractivity contribution in [1.29, 1.82) is 0 Å². The van der Waals surface area contributed by atoms with Crippen LogP contribution in [0.1, 0.15) is 25.3 Å². The van der Waals surface area contributed by atoms with Crippen LogP contribution in [0.4, 0.5) is 4.79 Å². The molecule has 0 saturated carbocycles. The highest BCUT2D eigenvalue weighted by Crippen LogP contribution is 2.42. The molecule has 0 aromatic heterocycles. The van der Waals surface area contributed by atoms with Crippen LogP contribution in [0, 0.1) is 0 Å². The van der Waals surface area contributed by atoms with E-state index < -0.39 is 6.09 Å². The second-order valence-corrected chi connectivity index (χ2v) is 7.43. The Morgan fingerprint density at radius 1 is 1.20 bits per heavy atom. The molecular formula is C18H24ClN3O3. The van der Waals surface area contributed by atoms with Crippen molar-refractivity contribution in [3.8, 4) is 0 Å². The molecule has 0 aliphatic carbocycles. The van der Waals surface area contributed by atoms with Crippen LogP contribution in [-0.2, 0) is 10.3 Å². The molecule has 2 fully saturated rings. The average molecular weight is 366 g/mol. The number of benzene rings is 1. The number of halogens is 1. The number of carboxylic acid groups (broad SMARTS) is 1. The molecule has 0 unspecified atom stereocenters. The first-order valence-electron chi connectivity index (χ1n) is 8.56. The number of carbonyl (C=O) groups excluding carboxylic acids is 1. The summed E-state index contributed by atoms with van der Waals surface area (Å²) in [4.78, 5) is 28.5. The first-order valence-corrected chi connectivity index (χ1v) is 8.93. The third-order valence-corrected chi connectivity index (χ3v) is 6.01. The fourth-order valence-electron chi connectivity index (χ4n) is 3.92. The first-order chi connectivity index (χ1) is 11.8. The maximum atomic E-state index is 11.6. The lowest BCUT2D eigenvalue weighted by Crippen LogP contribution is -2.67. The van der Waals surface area contributed by atoms with Gasteiger partial charge in [0, 0.05) is 50.7 Å². The Bertz CT molecular complexity index is 650. The summed E-state index contributed by atoms with van der Waals surface area (Å²) in [5.74, 6) is 0.0749. The molecule has 6 nitrogen and oxygen atoms in total. The van der Waals surface area contributed by atoms with Gasteiger partial charge < -0.3 is 14.9 Å². The molecule has 0 radical (unpaired) electrons. The standard InChI is InChI=1S/C18H24ClN3O3/c1-13(23)20(2)16-11-22(12-16)18(14-3-5-15(19)6-4-14)7-9-21(10-8-18)17(24)25/h3-6,16H,7-12H2,1-2H3,(H,24,25). The van der Waals surface area contributed by atoms with Crippen molar-refractivity contribution in [3.05, 3.63) is 34.9 Å². The van der Waals surface area contributed by atoms with E-state index in [-0.39, 0.29) is 17.5 Å². The van der Waals surface area contributed by atoms with E-state index in [1.807, 2.05) is 31.3 Å². The third kappa shape index (κ3) is 3.33. The van der Waals surface area contributed by atoms with Crippen LogP contribution in [0.15, 0.2) is 24.3 Å². The molecule has 25 heavy (non-hydrogen) atoms. The number of carbonyl (C=O) groups is 2. The minimum atomic E-state index is -0.859. The summed E-state index contributed by atoms with van der Waals surface area (Å²) in [7, 11) is 1.84. The van der Waals surface area contributed by atoms with E-state index in [9.17, 15) is 14.7 Å². The Labute approximate surface area is 152 Å². The summed E-state index contributed by atoms with van der Waals surface area (Å²) in [6, 6.07) is 8.09. The van der Waals surface area contributed by atoms with Gasteiger partial charge in [0.2, 0.25) is 5.91 Å². The number of likely N-dealkylation sites (N-methyl/N-ethyl adjacent to an activating group) is 1. The Kier molecular flexibility index (Phi) is 4.93. The van der Waals surface area contributed by atoms with Crippen molar-refractivity contribution in [1.82, 2.24) is 14.7 Å². The predicted molar refractivity (Wildman–Crippen MR) is 95.8 cm³/mol. The summed E-state index contributed by atoms with van der Waals surface area (Å²) < 4.78 is 0. The summed E-state index contributed by atoms with van der Waals surface area (Å²) in [5, 5.41) is 9.95. The van der Waals surface area contributed by atoms with Crippen LogP contribution in [-0.4, -0.2) is 71.1 Å². The third-order valence-electron chi connectivity index (χ3n) is 5.75. The van der Waals surface area contributed by atoms with Crippen LogP contribution in [0.3, 0.4) is 0 Å². The van der Waals surface area contributed by atoms with E-state index in [1.54, 1.807) is 11.8 Å². The fourth-order valence-corrected chi connectivity index (χ4v) is 4.05. The minimum Gasteiger partial charge on any atom is -0.465 e. The molecule has 1 aromatic rings. The van der Waals surface area contributed by atoms with Crippen LogP contribution in [0.5, 0.6) is 0 Å². The Hall–Kier alpha value is -1.79. The molecule has 7 heteroatoms. The Balaban J connectivity index is 1.81. The molecule has 1 N–H and O–H groups in total. The van der Waals surface area contributed by atoms with E-state index in [0.717, 1.165) is 25.9 Å². The van der Waals surface area contributed by atoms with Gasteiger partial charge in [-0.3, -0.25) is 9.69 Å². The minimum absolute atomic E-state index is 0.0749. The Morgan fingerprint density at radius 2 is 1.76 bits per heavy atom. The van der Waals surface area contributed by atoms with Gasteiger partial charge in [0.15, 0.2) is 0 Å². The van der Waals surface area contributed by atoms with E-state index in [4.69, 9.17) is 11.6 Å². The van der Waals surface area contributed by atoms with Gasteiger partial charge in [-0.05, 0) is 30.5 Å². The number of hydrogen-bond acceptors (Lipinski definition) is 3. The van der Waals surface area contributed by atoms with E-state index in [0.29, 0.717) is 18.1 Å². The summed E-state index contributed by atoms with van der Waals surface area (Å²) in [6.07, 6.45) is 0.636. The van der Waals surface area contributed by atoms with Gasteiger partial charge in [-0.15, -0.1) is 0 Å². The van der Waals surface area contributed by atoms with Crippen LogP contribution >= 0.6 is 11.6 Å². The van der Waals surface area contributed by atoms with Crippen LogP contribution in [0.25, 0.3) is 0 Å². The summed E-state index contributed by atoms with van der Waals surface area (Å²) >= 11 is 6.04. The van der Waals surface area contributed by atoms with Gasteiger partial charge in [-0.2, -0.15) is 0 Å².